The minimum atomic E-state index is 0.656. The molecular weight excluding hydrogens is 186 g/mol. The summed E-state index contributed by atoms with van der Waals surface area (Å²) in [7, 11) is 0. The molecule has 0 radical (unpaired) electrons. The van der Waals surface area contributed by atoms with Gasteiger partial charge in [0.15, 0.2) is 0 Å². The second kappa shape index (κ2) is 3.56. The standard InChI is InChI=1S/C12H17N3/c1-8-10-7-13-6-5-11(10)15-12(14-8)9-3-2-4-9/h9,13H,2-7H2,1H3. The number of rotatable bonds is 1. The summed E-state index contributed by atoms with van der Waals surface area (Å²) in [5.74, 6) is 1.77. The zero-order valence-corrected chi connectivity index (χ0v) is 9.21. The number of nitrogens with zero attached hydrogens (tertiary/aromatic N) is 2. The van der Waals surface area contributed by atoms with Crippen LogP contribution in [0, 0.1) is 6.92 Å². The number of aryl methyl sites for hydroxylation is 1. The van der Waals surface area contributed by atoms with Gasteiger partial charge in [-0.25, -0.2) is 9.97 Å². The van der Waals surface area contributed by atoms with Gasteiger partial charge in [0.25, 0.3) is 0 Å². The minimum Gasteiger partial charge on any atom is -0.312 e. The molecule has 0 aromatic carbocycles. The monoisotopic (exact) mass is 203 g/mol. The third-order valence-corrected chi connectivity index (χ3v) is 3.63. The molecule has 1 aromatic rings. The van der Waals surface area contributed by atoms with Crippen molar-refractivity contribution in [2.45, 2.75) is 45.1 Å². The first-order valence-corrected chi connectivity index (χ1v) is 5.91. The Morgan fingerprint density at radius 2 is 2.13 bits per heavy atom. The third-order valence-electron chi connectivity index (χ3n) is 3.63. The summed E-state index contributed by atoms with van der Waals surface area (Å²) in [4.78, 5) is 9.40. The van der Waals surface area contributed by atoms with E-state index in [9.17, 15) is 0 Å². The van der Waals surface area contributed by atoms with Crippen molar-refractivity contribution >= 4 is 0 Å². The molecule has 80 valence electrons. The van der Waals surface area contributed by atoms with Crippen LogP contribution in [0.3, 0.4) is 0 Å². The Morgan fingerprint density at radius 3 is 2.87 bits per heavy atom. The van der Waals surface area contributed by atoms with Gasteiger partial charge in [-0.2, -0.15) is 0 Å². The molecule has 0 spiro atoms. The fraction of sp³-hybridized carbons (Fsp3) is 0.667. The maximum absolute atomic E-state index is 4.74. The zero-order chi connectivity index (χ0) is 10.3. The number of hydrogen-bond donors (Lipinski definition) is 1. The minimum absolute atomic E-state index is 0.656. The molecule has 1 aliphatic carbocycles. The summed E-state index contributed by atoms with van der Waals surface area (Å²) < 4.78 is 0. The van der Waals surface area contributed by atoms with Gasteiger partial charge in [-0.15, -0.1) is 0 Å². The van der Waals surface area contributed by atoms with E-state index in [0.717, 1.165) is 25.3 Å². The Morgan fingerprint density at radius 1 is 1.27 bits per heavy atom. The van der Waals surface area contributed by atoms with E-state index >= 15 is 0 Å². The van der Waals surface area contributed by atoms with E-state index in [2.05, 4.69) is 17.2 Å². The first kappa shape index (κ1) is 9.28. The summed E-state index contributed by atoms with van der Waals surface area (Å²) >= 11 is 0. The normalized spacial score (nSPS) is 20.9. The lowest BCUT2D eigenvalue weighted by atomic mass is 9.84. The number of aromatic nitrogens is 2. The Kier molecular flexibility index (Phi) is 2.20. The van der Waals surface area contributed by atoms with Crippen LogP contribution in [0.4, 0.5) is 0 Å². The first-order chi connectivity index (χ1) is 7.34. The SMILES string of the molecule is Cc1nc(C2CCC2)nc2c1CNCC2. The van der Waals surface area contributed by atoms with Gasteiger partial charge in [0.05, 0.1) is 5.69 Å². The van der Waals surface area contributed by atoms with Gasteiger partial charge in [0.2, 0.25) is 0 Å². The molecule has 0 unspecified atom stereocenters. The van der Waals surface area contributed by atoms with Crippen LogP contribution in [-0.4, -0.2) is 16.5 Å². The lowest BCUT2D eigenvalue weighted by molar-refractivity contribution is 0.398. The van der Waals surface area contributed by atoms with Crippen LogP contribution in [0.25, 0.3) is 0 Å². The molecule has 0 bridgehead atoms. The summed E-state index contributed by atoms with van der Waals surface area (Å²) in [6.07, 6.45) is 5.00. The predicted molar refractivity (Wildman–Crippen MR) is 58.8 cm³/mol. The summed E-state index contributed by atoms with van der Waals surface area (Å²) in [5, 5.41) is 3.38. The highest BCUT2D eigenvalue weighted by atomic mass is 15.0. The average molecular weight is 203 g/mol. The Labute approximate surface area is 90.3 Å². The number of hydrogen-bond acceptors (Lipinski definition) is 3. The zero-order valence-electron chi connectivity index (χ0n) is 9.21. The van der Waals surface area contributed by atoms with Gasteiger partial charge in [-0.05, 0) is 19.8 Å². The molecule has 3 rings (SSSR count). The molecule has 1 N–H and O–H groups in total. The van der Waals surface area contributed by atoms with Crippen LogP contribution in [-0.2, 0) is 13.0 Å². The van der Waals surface area contributed by atoms with Gasteiger partial charge >= 0.3 is 0 Å². The molecule has 1 aromatic heterocycles. The van der Waals surface area contributed by atoms with E-state index in [1.807, 2.05) is 0 Å². The first-order valence-electron chi connectivity index (χ1n) is 5.91. The van der Waals surface area contributed by atoms with Gasteiger partial charge in [-0.1, -0.05) is 6.42 Å². The van der Waals surface area contributed by atoms with Crippen LogP contribution in [0.15, 0.2) is 0 Å². The molecule has 1 saturated carbocycles. The van der Waals surface area contributed by atoms with E-state index in [0.29, 0.717) is 5.92 Å². The fourth-order valence-corrected chi connectivity index (χ4v) is 2.38. The molecule has 0 saturated heterocycles. The molecule has 0 atom stereocenters. The Balaban J connectivity index is 2.00. The molecule has 1 fully saturated rings. The van der Waals surface area contributed by atoms with Crippen molar-refractivity contribution in [1.29, 1.82) is 0 Å². The maximum atomic E-state index is 4.74. The lowest BCUT2D eigenvalue weighted by Gasteiger charge is -2.26. The van der Waals surface area contributed by atoms with Crippen molar-refractivity contribution < 1.29 is 0 Å². The van der Waals surface area contributed by atoms with E-state index in [1.54, 1.807) is 0 Å². The van der Waals surface area contributed by atoms with E-state index in [-0.39, 0.29) is 0 Å². The predicted octanol–water partition coefficient (Wildman–Crippen LogP) is 1.70. The quantitative estimate of drug-likeness (QED) is 0.755. The van der Waals surface area contributed by atoms with Crippen LogP contribution >= 0.6 is 0 Å². The van der Waals surface area contributed by atoms with E-state index in [4.69, 9.17) is 4.98 Å². The van der Waals surface area contributed by atoms with Gasteiger partial charge in [-0.3, -0.25) is 0 Å². The highest BCUT2D eigenvalue weighted by molar-refractivity contribution is 5.28. The molecule has 2 heterocycles. The maximum Gasteiger partial charge on any atom is 0.131 e. The molecule has 0 amide bonds. The molecule has 1 aliphatic heterocycles. The van der Waals surface area contributed by atoms with Crippen molar-refractivity contribution in [3.8, 4) is 0 Å². The molecule has 3 nitrogen and oxygen atoms in total. The van der Waals surface area contributed by atoms with Crippen molar-refractivity contribution in [3.05, 3.63) is 22.8 Å². The van der Waals surface area contributed by atoms with E-state index in [1.165, 1.54) is 36.2 Å². The fourth-order valence-electron chi connectivity index (χ4n) is 2.38. The van der Waals surface area contributed by atoms with Crippen LogP contribution in [0.1, 0.15) is 48.0 Å². The van der Waals surface area contributed by atoms with Crippen LogP contribution in [0.5, 0.6) is 0 Å². The van der Waals surface area contributed by atoms with Crippen molar-refractivity contribution in [2.75, 3.05) is 6.54 Å². The average Bonchev–Trinajstić information content (AvgIpc) is 2.15. The third kappa shape index (κ3) is 1.55. The van der Waals surface area contributed by atoms with Crippen molar-refractivity contribution in [3.63, 3.8) is 0 Å². The Hall–Kier alpha value is -0.960. The Bertz CT molecular complexity index is 383. The molecule has 15 heavy (non-hydrogen) atoms. The second-order valence-corrected chi connectivity index (χ2v) is 4.65. The second-order valence-electron chi connectivity index (χ2n) is 4.65. The molecular formula is C12H17N3. The van der Waals surface area contributed by atoms with Crippen LogP contribution in [0.2, 0.25) is 0 Å². The smallest absolute Gasteiger partial charge is 0.131 e. The van der Waals surface area contributed by atoms with Crippen molar-refractivity contribution in [1.82, 2.24) is 15.3 Å². The number of fused-ring (bicyclic) bond motifs is 1. The topological polar surface area (TPSA) is 37.8 Å². The van der Waals surface area contributed by atoms with Gasteiger partial charge in [0, 0.05) is 36.7 Å². The summed E-state index contributed by atoms with van der Waals surface area (Å²) in [6, 6.07) is 0. The van der Waals surface area contributed by atoms with Crippen LogP contribution < -0.4 is 5.32 Å². The van der Waals surface area contributed by atoms with Crippen molar-refractivity contribution in [2.24, 2.45) is 0 Å². The number of nitrogens with one attached hydrogen (secondary N) is 1. The summed E-state index contributed by atoms with van der Waals surface area (Å²) in [5.41, 5.74) is 3.82. The van der Waals surface area contributed by atoms with Gasteiger partial charge in [0.1, 0.15) is 5.82 Å². The largest absolute Gasteiger partial charge is 0.312 e. The highest BCUT2D eigenvalue weighted by Crippen LogP contribution is 2.35. The van der Waals surface area contributed by atoms with Gasteiger partial charge < -0.3 is 5.32 Å². The lowest BCUT2D eigenvalue weighted by Crippen LogP contribution is -2.27. The van der Waals surface area contributed by atoms with E-state index < -0.39 is 0 Å². The molecule has 2 aliphatic rings. The highest BCUT2D eigenvalue weighted by Gasteiger charge is 2.24. The summed E-state index contributed by atoms with van der Waals surface area (Å²) in [6.45, 7) is 4.13. The molecule has 3 heteroatoms.